The molecule has 2 N–H and O–H groups in total. The van der Waals surface area contributed by atoms with Crippen molar-refractivity contribution in [3.05, 3.63) is 16.9 Å². The fraction of sp³-hybridized carbons (Fsp3) is 0.643. The molecule has 0 saturated heterocycles. The van der Waals surface area contributed by atoms with Crippen molar-refractivity contribution in [1.29, 1.82) is 0 Å². The third-order valence-corrected chi connectivity index (χ3v) is 3.84. The van der Waals surface area contributed by atoms with Crippen LogP contribution in [0.2, 0.25) is 0 Å². The van der Waals surface area contributed by atoms with Gasteiger partial charge >= 0.3 is 0 Å². The van der Waals surface area contributed by atoms with Gasteiger partial charge in [0.2, 0.25) is 11.9 Å². The molecule has 0 unspecified atom stereocenters. The summed E-state index contributed by atoms with van der Waals surface area (Å²) in [5.74, 6) is 0.894. The van der Waals surface area contributed by atoms with Gasteiger partial charge in [-0.3, -0.25) is 4.79 Å². The highest BCUT2D eigenvalue weighted by Crippen LogP contribution is 2.26. The second-order valence-electron chi connectivity index (χ2n) is 5.59. The monoisotopic (exact) mass is 340 g/mol. The molecule has 0 bridgehead atoms. The van der Waals surface area contributed by atoms with Crippen LogP contribution < -0.4 is 10.6 Å². The number of hydrogen-bond donors (Lipinski definition) is 2. The topological polar surface area (TPSA) is 66.9 Å². The summed E-state index contributed by atoms with van der Waals surface area (Å²) < 4.78 is 0.862. The first-order valence-corrected chi connectivity index (χ1v) is 7.88. The largest absolute Gasteiger partial charge is 0.354 e. The molecule has 0 aliphatic heterocycles. The molecule has 1 amide bonds. The first-order valence-electron chi connectivity index (χ1n) is 7.09. The molecule has 1 heterocycles. The zero-order chi connectivity index (χ0) is 14.5. The van der Waals surface area contributed by atoms with Crippen LogP contribution >= 0.6 is 15.9 Å². The zero-order valence-electron chi connectivity index (χ0n) is 11.9. The molecule has 1 fully saturated rings. The summed E-state index contributed by atoms with van der Waals surface area (Å²) in [5.41, 5.74) is 0. The highest BCUT2D eigenvalue weighted by atomic mass is 79.9. The van der Waals surface area contributed by atoms with Gasteiger partial charge in [-0.2, -0.15) is 0 Å². The number of anilines is 1. The molecular formula is C14H21BrN4O. The molecule has 5 nitrogen and oxygen atoms in total. The van der Waals surface area contributed by atoms with E-state index in [0.717, 1.165) is 30.2 Å². The van der Waals surface area contributed by atoms with E-state index in [2.05, 4.69) is 36.5 Å². The number of nitrogens with zero attached hydrogens (tertiary/aromatic N) is 2. The molecule has 0 spiro atoms. The number of halogens is 1. The standard InChI is InChI=1S/C14H21BrN4O/c1-9(2)18-13(20)10-4-3-5-12(6-10)19-14-16-7-11(15)8-17-14/h7-10,12H,3-6H2,1-2H3,(H,18,20)(H,16,17,19)/t10-,12+/m0/s1. The molecule has 110 valence electrons. The van der Waals surface area contributed by atoms with Crippen LogP contribution in [0.4, 0.5) is 5.95 Å². The van der Waals surface area contributed by atoms with E-state index < -0.39 is 0 Å². The lowest BCUT2D eigenvalue weighted by Gasteiger charge is -2.29. The molecule has 1 aliphatic rings. The molecule has 1 aromatic heterocycles. The minimum atomic E-state index is 0.0964. The van der Waals surface area contributed by atoms with Crippen molar-refractivity contribution in [2.45, 2.75) is 51.6 Å². The number of carbonyl (C=O) groups is 1. The minimum absolute atomic E-state index is 0.0964. The molecule has 0 aromatic carbocycles. The fourth-order valence-corrected chi connectivity index (χ4v) is 2.74. The summed E-state index contributed by atoms with van der Waals surface area (Å²) >= 11 is 3.32. The van der Waals surface area contributed by atoms with Gasteiger partial charge in [0.05, 0.1) is 4.47 Å². The first-order chi connectivity index (χ1) is 9.54. The molecule has 20 heavy (non-hydrogen) atoms. The Balaban J connectivity index is 1.90. The number of nitrogens with one attached hydrogen (secondary N) is 2. The Kier molecular flexibility index (Phi) is 5.34. The smallest absolute Gasteiger partial charge is 0.223 e. The van der Waals surface area contributed by atoms with Crippen LogP contribution in [0, 0.1) is 5.92 Å². The van der Waals surface area contributed by atoms with Crippen LogP contribution in [0.1, 0.15) is 39.5 Å². The Morgan fingerprint density at radius 2 is 2.05 bits per heavy atom. The molecule has 1 saturated carbocycles. The molecular weight excluding hydrogens is 320 g/mol. The predicted octanol–water partition coefficient (Wildman–Crippen LogP) is 2.73. The Hall–Kier alpha value is -1.17. The Morgan fingerprint density at radius 3 is 2.70 bits per heavy atom. The third kappa shape index (κ3) is 4.44. The van der Waals surface area contributed by atoms with Gasteiger partial charge in [0, 0.05) is 30.4 Å². The lowest BCUT2D eigenvalue weighted by Crippen LogP contribution is -2.40. The lowest BCUT2D eigenvalue weighted by molar-refractivity contribution is -0.126. The maximum Gasteiger partial charge on any atom is 0.223 e. The van der Waals surface area contributed by atoms with Crippen molar-refractivity contribution in [2.75, 3.05) is 5.32 Å². The highest BCUT2D eigenvalue weighted by molar-refractivity contribution is 9.10. The van der Waals surface area contributed by atoms with Gasteiger partial charge in [-0.25, -0.2) is 9.97 Å². The minimum Gasteiger partial charge on any atom is -0.354 e. The maximum atomic E-state index is 12.1. The summed E-state index contributed by atoms with van der Waals surface area (Å²) in [7, 11) is 0. The quantitative estimate of drug-likeness (QED) is 0.884. The van der Waals surface area contributed by atoms with E-state index in [9.17, 15) is 4.79 Å². The number of aromatic nitrogens is 2. The van der Waals surface area contributed by atoms with Gasteiger partial charge < -0.3 is 10.6 Å². The molecule has 1 aliphatic carbocycles. The number of amides is 1. The van der Waals surface area contributed by atoms with E-state index in [0.29, 0.717) is 5.95 Å². The summed E-state index contributed by atoms with van der Waals surface area (Å²) in [6, 6.07) is 0.471. The van der Waals surface area contributed by atoms with E-state index in [-0.39, 0.29) is 23.9 Å². The van der Waals surface area contributed by atoms with Crippen molar-refractivity contribution in [3.8, 4) is 0 Å². The molecule has 6 heteroatoms. The van der Waals surface area contributed by atoms with Crippen LogP contribution in [0.5, 0.6) is 0 Å². The number of rotatable bonds is 4. The van der Waals surface area contributed by atoms with Crippen molar-refractivity contribution >= 4 is 27.8 Å². The summed E-state index contributed by atoms with van der Waals surface area (Å²) in [4.78, 5) is 20.5. The van der Waals surface area contributed by atoms with Crippen LogP contribution in [0.25, 0.3) is 0 Å². The lowest BCUT2D eigenvalue weighted by atomic mass is 9.85. The SMILES string of the molecule is CC(C)NC(=O)[C@H]1CCC[C@@H](Nc2ncc(Br)cn2)C1. The van der Waals surface area contributed by atoms with Gasteiger partial charge in [-0.1, -0.05) is 6.42 Å². The third-order valence-electron chi connectivity index (χ3n) is 3.43. The summed E-state index contributed by atoms with van der Waals surface area (Å²) in [6.45, 7) is 3.98. The van der Waals surface area contributed by atoms with Gasteiger partial charge in [-0.15, -0.1) is 0 Å². The van der Waals surface area contributed by atoms with Crippen LogP contribution in [-0.2, 0) is 4.79 Å². The van der Waals surface area contributed by atoms with Crippen molar-refractivity contribution in [1.82, 2.24) is 15.3 Å². The van der Waals surface area contributed by atoms with Gasteiger partial charge in [0.1, 0.15) is 0 Å². The van der Waals surface area contributed by atoms with Gasteiger partial charge in [-0.05, 0) is 49.0 Å². The van der Waals surface area contributed by atoms with Gasteiger partial charge in [0.15, 0.2) is 0 Å². The van der Waals surface area contributed by atoms with E-state index in [1.165, 1.54) is 0 Å². The van der Waals surface area contributed by atoms with Crippen molar-refractivity contribution < 1.29 is 4.79 Å². The van der Waals surface area contributed by atoms with Crippen LogP contribution in [0.15, 0.2) is 16.9 Å². The normalized spacial score (nSPS) is 22.6. The Bertz CT molecular complexity index is 449. The molecule has 1 aromatic rings. The van der Waals surface area contributed by atoms with E-state index in [1.54, 1.807) is 12.4 Å². The van der Waals surface area contributed by atoms with Crippen LogP contribution in [-0.4, -0.2) is 28.0 Å². The first kappa shape index (κ1) is 15.2. The number of carbonyl (C=O) groups excluding carboxylic acids is 1. The highest BCUT2D eigenvalue weighted by Gasteiger charge is 2.27. The van der Waals surface area contributed by atoms with Crippen LogP contribution in [0.3, 0.4) is 0 Å². The van der Waals surface area contributed by atoms with Crippen molar-refractivity contribution in [2.24, 2.45) is 5.92 Å². The Labute approximate surface area is 128 Å². The Morgan fingerprint density at radius 1 is 1.35 bits per heavy atom. The van der Waals surface area contributed by atoms with E-state index in [1.807, 2.05) is 13.8 Å². The number of hydrogen-bond acceptors (Lipinski definition) is 4. The summed E-state index contributed by atoms with van der Waals surface area (Å²) in [5, 5.41) is 6.32. The van der Waals surface area contributed by atoms with Gasteiger partial charge in [0.25, 0.3) is 0 Å². The predicted molar refractivity (Wildman–Crippen MR) is 82.4 cm³/mol. The zero-order valence-corrected chi connectivity index (χ0v) is 13.5. The fourth-order valence-electron chi connectivity index (χ4n) is 2.53. The average Bonchev–Trinajstić information content (AvgIpc) is 2.41. The second-order valence-corrected chi connectivity index (χ2v) is 6.51. The average molecular weight is 341 g/mol. The van der Waals surface area contributed by atoms with Crippen molar-refractivity contribution in [3.63, 3.8) is 0 Å². The van der Waals surface area contributed by atoms with E-state index in [4.69, 9.17) is 0 Å². The van der Waals surface area contributed by atoms with E-state index >= 15 is 0 Å². The molecule has 2 atom stereocenters. The molecule has 2 rings (SSSR count). The maximum absolute atomic E-state index is 12.1. The second kappa shape index (κ2) is 7.02. The summed E-state index contributed by atoms with van der Waals surface area (Å²) in [6.07, 6.45) is 7.38. The molecule has 0 radical (unpaired) electrons.